The highest BCUT2D eigenvalue weighted by Crippen LogP contribution is 2.24. The molecule has 0 unspecified atom stereocenters. The number of nitrogens with one attached hydrogen (secondary N) is 1. The quantitative estimate of drug-likeness (QED) is 0.633. The van der Waals surface area contributed by atoms with E-state index in [0.717, 1.165) is 28.7 Å². The molecule has 2 aromatic carbocycles. The Kier molecular flexibility index (Phi) is 8.72. The molecule has 30 heavy (non-hydrogen) atoms. The van der Waals surface area contributed by atoms with Gasteiger partial charge in [-0.1, -0.05) is 42.8 Å². The first-order valence-corrected chi connectivity index (χ1v) is 10.6. The summed E-state index contributed by atoms with van der Waals surface area (Å²) >= 11 is 6.30. The van der Waals surface area contributed by atoms with Crippen LogP contribution in [0.25, 0.3) is 0 Å². The van der Waals surface area contributed by atoms with Gasteiger partial charge in [0.2, 0.25) is 5.91 Å². The first-order valence-electron chi connectivity index (χ1n) is 10.3. The van der Waals surface area contributed by atoms with Gasteiger partial charge in [0.05, 0.1) is 0 Å². The number of aryl methyl sites for hydroxylation is 2. The number of carbonyl (C=O) groups is 2. The first-order chi connectivity index (χ1) is 14.2. The fraction of sp³-hybridized carbons (Fsp3) is 0.417. The van der Waals surface area contributed by atoms with E-state index in [1.165, 1.54) is 4.90 Å². The lowest BCUT2D eigenvalue weighted by Gasteiger charge is -2.29. The lowest BCUT2D eigenvalue weighted by molar-refractivity contribution is -0.142. The molecule has 0 aromatic heterocycles. The first kappa shape index (κ1) is 23.7. The Labute approximate surface area is 184 Å². The molecule has 5 nitrogen and oxygen atoms in total. The van der Waals surface area contributed by atoms with Crippen molar-refractivity contribution in [1.82, 2.24) is 10.2 Å². The monoisotopic (exact) mass is 430 g/mol. The van der Waals surface area contributed by atoms with Crippen LogP contribution in [0, 0.1) is 20.8 Å². The normalized spacial score (nSPS) is 11.7. The molecule has 1 N–H and O–H groups in total. The van der Waals surface area contributed by atoms with Gasteiger partial charge in [0, 0.05) is 18.1 Å². The van der Waals surface area contributed by atoms with Gasteiger partial charge >= 0.3 is 0 Å². The van der Waals surface area contributed by atoms with Gasteiger partial charge in [-0.15, -0.1) is 0 Å². The van der Waals surface area contributed by atoms with Crippen molar-refractivity contribution in [1.29, 1.82) is 0 Å². The fourth-order valence-corrected chi connectivity index (χ4v) is 3.36. The molecule has 0 saturated carbocycles. The maximum absolute atomic E-state index is 13.1. The number of amides is 2. The van der Waals surface area contributed by atoms with Crippen molar-refractivity contribution in [3.63, 3.8) is 0 Å². The molecular formula is C24H31ClN2O3. The number of hydrogen-bond donors (Lipinski definition) is 1. The van der Waals surface area contributed by atoms with E-state index in [0.29, 0.717) is 17.3 Å². The van der Waals surface area contributed by atoms with Crippen molar-refractivity contribution in [3.8, 4) is 5.75 Å². The van der Waals surface area contributed by atoms with Crippen molar-refractivity contribution in [2.45, 2.75) is 53.6 Å². The maximum Gasteiger partial charge on any atom is 0.261 e. The summed E-state index contributed by atoms with van der Waals surface area (Å²) in [4.78, 5) is 27.2. The van der Waals surface area contributed by atoms with Gasteiger partial charge in [-0.3, -0.25) is 9.59 Å². The summed E-state index contributed by atoms with van der Waals surface area (Å²) in [5.74, 6) is 0.217. The van der Waals surface area contributed by atoms with Crippen LogP contribution in [0.2, 0.25) is 5.02 Å². The third-order valence-corrected chi connectivity index (χ3v) is 5.50. The molecule has 0 aliphatic carbocycles. The van der Waals surface area contributed by atoms with E-state index < -0.39 is 6.04 Å². The molecule has 0 fully saturated rings. The minimum Gasteiger partial charge on any atom is -0.483 e. The Bertz CT molecular complexity index is 898. The van der Waals surface area contributed by atoms with Gasteiger partial charge in [0.1, 0.15) is 11.8 Å². The van der Waals surface area contributed by atoms with Crippen LogP contribution in [0.1, 0.15) is 42.5 Å². The molecule has 2 aromatic rings. The number of ether oxygens (including phenoxy) is 1. The van der Waals surface area contributed by atoms with E-state index in [4.69, 9.17) is 16.3 Å². The van der Waals surface area contributed by atoms with E-state index in [-0.39, 0.29) is 25.0 Å². The van der Waals surface area contributed by atoms with Crippen LogP contribution in [0.5, 0.6) is 5.75 Å². The highest BCUT2D eigenvalue weighted by molar-refractivity contribution is 6.31. The van der Waals surface area contributed by atoms with Gasteiger partial charge in [0.25, 0.3) is 5.91 Å². The van der Waals surface area contributed by atoms with E-state index >= 15 is 0 Å². The molecule has 2 rings (SSSR count). The zero-order valence-electron chi connectivity index (χ0n) is 18.4. The number of benzene rings is 2. The van der Waals surface area contributed by atoms with Crippen molar-refractivity contribution in [2.75, 3.05) is 13.2 Å². The fourth-order valence-electron chi connectivity index (χ4n) is 3.16. The number of carbonyl (C=O) groups excluding carboxylic acids is 2. The van der Waals surface area contributed by atoms with Crippen molar-refractivity contribution in [2.24, 2.45) is 0 Å². The molecule has 0 bridgehead atoms. The molecule has 0 aliphatic heterocycles. The van der Waals surface area contributed by atoms with Crippen LogP contribution in [-0.4, -0.2) is 35.9 Å². The lowest BCUT2D eigenvalue weighted by Crippen LogP contribution is -2.49. The average molecular weight is 431 g/mol. The number of hydrogen-bond acceptors (Lipinski definition) is 3. The van der Waals surface area contributed by atoms with E-state index in [9.17, 15) is 9.59 Å². The van der Waals surface area contributed by atoms with Gasteiger partial charge in [-0.2, -0.15) is 0 Å². The van der Waals surface area contributed by atoms with Gasteiger partial charge in [-0.05, 0) is 68.5 Å². The summed E-state index contributed by atoms with van der Waals surface area (Å²) in [5, 5.41) is 3.42. The molecule has 0 aliphatic rings. The maximum atomic E-state index is 13.1. The van der Waals surface area contributed by atoms with Gasteiger partial charge in [0.15, 0.2) is 6.61 Å². The van der Waals surface area contributed by atoms with Gasteiger partial charge in [-0.25, -0.2) is 0 Å². The number of nitrogens with zero attached hydrogens (tertiary/aromatic N) is 1. The zero-order chi connectivity index (χ0) is 22.3. The van der Waals surface area contributed by atoms with Gasteiger partial charge < -0.3 is 15.0 Å². The summed E-state index contributed by atoms with van der Waals surface area (Å²) in [6.07, 6.45) is 0.825. The molecule has 1 atom stereocenters. The second-order valence-electron chi connectivity index (χ2n) is 7.57. The number of halogens is 1. The summed E-state index contributed by atoms with van der Waals surface area (Å²) in [7, 11) is 0. The van der Waals surface area contributed by atoms with Crippen molar-refractivity contribution >= 4 is 23.4 Å². The molecule has 162 valence electrons. The minimum atomic E-state index is -0.649. The van der Waals surface area contributed by atoms with Crippen LogP contribution in [-0.2, 0) is 16.1 Å². The predicted octanol–water partition coefficient (Wildman–Crippen LogP) is 4.59. The summed E-state index contributed by atoms with van der Waals surface area (Å²) < 4.78 is 5.86. The predicted molar refractivity (Wildman–Crippen MR) is 121 cm³/mol. The third-order valence-electron chi connectivity index (χ3n) is 5.13. The van der Waals surface area contributed by atoms with Crippen LogP contribution in [0.3, 0.4) is 0 Å². The largest absolute Gasteiger partial charge is 0.483 e. The van der Waals surface area contributed by atoms with Crippen molar-refractivity contribution in [3.05, 3.63) is 63.7 Å². The highest BCUT2D eigenvalue weighted by atomic mass is 35.5. The Morgan fingerprint density at radius 1 is 1.17 bits per heavy atom. The topological polar surface area (TPSA) is 58.6 Å². The molecule has 0 spiro atoms. The summed E-state index contributed by atoms with van der Waals surface area (Å²) in [6, 6.07) is 10.7. The molecule has 0 radical (unpaired) electrons. The minimum absolute atomic E-state index is 0.153. The van der Waals surface area contributed by atoms with E-state index in [1.54, 1.807) is 13.0 Å². The molecule has 0 saturated heterocycles. The third kappa shape index (κ3) is 6.23. The summed E-state index contributed by atoms with van der Waals surface area (Å²) in [6.45, 7) is 10.3. The zero-order valence-corrected chi connectivity index (χ0v) is 19.2. The molecule has 0 heterocycles. The molecular weight excluding hydrogens is 400 g/mol. The SMILES string of the molecule is CCCNC(=O)[C@H](C)N(Cc1ccccc1Cl)C(=O)COc1cc(C)cc(C)c1C. The van der Waals surface area contributed by atoms with Crippen LogP contribution in [0.15, 0.2) is 36.4 Å². The molecule has 2 amide bonds. The lowest BCUT2D eigenvalue weighted by atomic mass is 10.1. The van der Waals surface area contributed by atoms with E-state index in [1.807, 2.05) is 52.0 Å². The Morgan fingerprint density at radius 3 is 2.53 bits per heavy atom. The standard InChI is InChI=1S/C24H31ClN2O3/c1-6-11-26-24(29)19(5)27(14-20-9-7-8-10-21(20)25)23(28)15-30-22-13-16(2)12-17(3)18(22)4/h7-10,12-13,19H,6,11,14-15H2,1-5H3,(H,26,29)/t19-/m0/s1. The second kappa shape index (κ2) is 11.0. The Hall–Kier alpha value is -2.53. The van der Waals surface area contributed by atoms with E-state index in [2.05, 4.69) is 11.4 Å². The number of rotatable bonds is 9. The molecule has 6 heteroatoms. The van der Waals surface area contributed by atoms with Crippen molar-refractivity contribution < 1.29 is 14.3 Å². The van der Waals surface area contributed by atoms with Crippen LogP contribution < -0.4 is 10.1 Å². The average Bonchev–Trinajstić information content (AvgIpc) is 2.72. The summed E-state index contributed by atoms with van der Waals surface area (Å²) in [5.41, 5.74) is 3.96. The Balaban J connectivity index is 2.21. The smallest absolute Gasteiger partial charge is 0.261 e. The van der Waals surface area contributed by atoms with Crippen LogP contribution in [0.4, 0.5) is 0 Å². The second-order valence-corrected chi connectivity index (χ2v) is 7.98. The highest BCUT2D eigenvalue weighted by Gasteiger charge is 2.27. The van der Waals surface area contributed by atoms with Crippen LogP contribution >= 0.6 is 11.6 Å². The Morgan fingerprint density at radius 2 is 1.87 bits per heavy atom.